The van der Waals surface area contributed by atoms with E-state index in [1.54, 1.807) is 0 Å². The van der Waals surface area contributed by atoms with E-state index in [1.165, 1.54) is 0 Å². The lowest BCUT2D eigenvalue weighted by molar-refractivity contribution is 0.236. The minimum Gasteiger partial charge on any atom is -0.336 e. The summed E-state index contributed by atoms with van der Waals surface area (Å²) in [5, 5.41) is 5.80. The molecule has 3 nitrogen and oxygen atoms in total. The van der Waals surface area contributed by atoms with Crippen molar-refractivity contribution in [2.45, 2.75) is 51.6 Å². The average Bonchev–Trinajstić information content (AvgIpc) is 2.71. The van der Waals surface area contributed by atoms with Crippen LogP contribution >= 0.6 is 0 Å². The second kappa shape index (κ2) is 4.33. The Morgan fingerprint density at radius 2 is 2.25 bits per heavy atom. The van der Waals surface area contributed by atoms with Gasteiger partial charge in [0.25, 0.3) is 0 Å². The van der Waals surface area contributed by atoms with E-state index in [9.17, 15) is 4.79 Å². The van der Waals surface area contributed by atoms with Crippen molar-refractivity contribution in [1.29, 1.82) is 0 Å². The van der Waals surface area contributed by atoms with E-state index in [4.69, 9.17) is 0 Å². The minimum absolute atomic E-state index is 0.00144. The highest BCUT2D eigenvalue weighted by atomic mass is 16.2. The fourth-order valence-corrected chi connectivity index (χ4v) is 1.18. The summed E-state index contributed by atoms with van der Waals surface area (Å²) >= 11 is 0. The van der Waals surface area contributed by atoms with Gasteiger partial charge in [-0.1, -0.05) is 13.3 Å². The predicted octanol–water partition coefficient (Wildman–Crippen LogP) is 1.64. The van der Waals surface area contributed by atoms with Gasteiger partial charge in [0.2, 0.25) is 0 Å². The number of amides is 2. The summed E-state index contributed by atoms with van der Waals surface area (Å²) in [6.45, 7) is 4.16. The number of hydrogen-bond acceptors (Lipinski definition) is 1. The first-order valence-corrected chi connectivity index (χ1v) is 4.79. The van der Waals surface area contributed by atoms with Crippen LogP contribution in [0.2, 0.25) is 0 Å². The summed E-state index contributed by atoms with van der Waals surface area (Å²) in [5.41, 5.74) is 0. The molecule has 1 unspecified atom stereocenters. The maximum atomic E-state index is 11.2. The van der Waals surface area contributed by atoms with Gasteiger partial charge in [0.1, 0.15) is 0 Å². The van der Waals surface area contributed by atoms with Crippen LogP contribution in [0.3, 0.4) is 0 Å². The van der Waals surface area contributed by atoms with Crippen molar-refractivity contribution in [1.82, 2.24) is 10.6 Å². The topological polar surface area (TPSA) is 41.1 Å². The van der Waals surface area contributed by atoms with E-state index in [2.05, 4.69) is 17.6 Å². The van der Waals surface area contributed by atoms with Crippen LogP contribution in [-0.4, -0.2) is 18.1 Å². The van der Waals surface area contributed by atoms with Gasteiger partial charge >= 0.3 is 6.03 Å². The van der Waals surface area contributed by atoms with Gasteiger partial charge in [-0.3, -0.25) is 0 Å². The molecule has 0 heterocycles. The van der Waals surface area contributed by atoms with Crippen LogP contribution in [0.4, 0.5) is 4.79 Å². The molecule has 1 fully saturated rings. The minimum atomic E-state index is -0.00144. The number of urea groups is 1. The third kappa shape index (κ3) is 3.60. The van der Waals surface area contributed by atoms with Gasteiger partial charge in [-0.2, -0.15) is 0 Å². The molecule has 0 aromatic rings. The highest BCUT2D eigenvalue weighted by Gasteiger charge is 2.23. The van der Waals surface area contributed by atoms with Crippen molar-refractivity contribution in [3.8, 4) is 0 Å². The zero-order valence-electron chi connectivity index (χ0n) is 7.89. The largest absolute Gasteiger partial charge is 0.336 e. The lowest BCUT2D eigenvalue weighted by Crippen LogP contribution is -2.41. The number of carbonyl (C=O) groups is 1. The summed E-state index contributed by atoms with van der Waals surface area (Å²) in [7, 11) is 0. The maximum absolute atomic E-state index is 11.2. The maximum Gasteiger partial charge on any atom is 0.315 e. The first-order valence-electron chi connectivity index (χ1n) is 4.79. The Bertz CT molecular complexity index is 155. The standard InChI is InChI=1S/C9H18N2O/c1-3-4-7(2)10-9(12)11-8-5-6-8/h7-8H,3-6H2,1-2H3,(H2,10,11,12). The average molecular weight is 170 g/mol. The van der Waals surface area contributed by atoms with E-state index < -0.39 is 0 Å². The Labute approximate surface area is 73.9 Å². The molecule has 0 aromatic carbocycles. The Kier molecular flexibility index (Phi) is 3.38. The predicted molar refractivity (Wildman–Crippen MR) is 49.1 cm³/mol. The molecule has 1 atom stereocenters. The van der Waals surface area contributed by atoms with E-state index in [-0.39, 0.29) is 6.03 Å². The molecule has 0 aliphatic heterocycles. The summed E-state index contributed by atoms with van der Waals surface area (Å²) in [4.78, 5) is 11.2. The second-order valence-corrected chi connectivity index (χ2v) is 3.58. The van der Waals surface area contributed by atoms with E-state index in [1.807, 2.05) is 6.92 Å². The summed E-state index contributed by atoms with van der Waals surface area (Å²) in [6.07, 6.45) is 4.47. The molecule has 3 heteroatoms. The van der Waals surface area contributed by atoms with Gasteiger partial charge < -0.3 is 10.6 Å². The van der Waals surface area contributed by atoms with Gasteiger partial charge in [0.15, 0.2) is 0 Å². The smallest absolute Gasteiger partial charge is 0.315 e. The van der Waals surface area contributed by atoms with Crippen LogP contribution in [0.25, 0.3) is 0 Å². The van der Waals surface area contributed by atoms with Crippen molar-refractivity contribution in [2.75, 3.05) is 0 Å². The van der Waals surface area contributed by atoms with Crippen LogP contribution < -0.4 is 10.6 Å². The monoisotopic (exact) mass is 170 g/mol. The fraction of sp³-hybridized carbons (Fsp3) is 0.889. The molecule has 12 heavy (non-hydrogen) atoms. The Balaban J connectivity index is 2.06. The first kappa shape index (κ1) is 9.36. The molecule has 0 spiro atoms. The first-order chi connectivity index (χ1) is 5.72. The van der Waals surface area contributed by atoms with Crippen molar-refractivity contribution in [2.24, 2.45) is 0 Å². The van der Waals surface area contributed by atoms with E-state index in [0.29, 0.717) is 12.1 Å². The molecule has 0 bridgehead atoms. The molecule has 70 valence electrons. The normalized spacial score (nSPS) is 18.5. The molecular weight excluding hydrogens is 152 g/mol. The number of carbonyl (C=O) groups excluding carboxylic acids is 1. The molecule has 0 aromatic heterocycles. The van der Waals surface area contributed by atoms with Crippen LogP contribution in [0, 0.1) is 0 Å². The zero-order chi connectivity index (χ0) is 8.97. The highest BCUT2D eigenvalue weighted by molar-refractivity contribution is 5.74. The molecular formula is C9H18N2O. The quantitative estimate of drug-likeness (QED) is 0.661. The molecule has 2 amide bonds. The molecule has 1 aliphatic carbocycles. The van der Waals surface area contributed by atoms with E-state index in [0.717, 1.165) is 25.7 Å². The van der Waals surface area contributed by atoms with Crippen LogP contribution in [-0.2, 0) is 0 Å². The van der Waals surface area contributed by atoms with Gasteiger partial charge in [0.05, 0.1) is 0 Å². The third-order valence-electron chi connectivity index (χ3n) is 2.01. The van der Waals surface area contributed by atoms with Gasteiger partial charge in [-0.05, 0) is 26.2 Å². The molecule has 1 aliphatic rings. The molecule has 1 saturated carbocycles. The fourth-order valence-electron chi connectivity index (χ4n) is 1.18. The molecule has 0 saturated heterocycles. The summed E-state index contributed by atoms with van der Waals surface area (Å²) in [6, 6.07) is 0.756. The summed E-state index contributed by atoms with van der Waals surface area (Å²) in [5.74, 6) is 0. The van der Waals surface area contributed by atoms with Crippen molar-refractivity contribution >= 4 is 6.03 Å². The van der Waals surface area contributed by atoms with Crippen LogP contribution in [0.5, 0.6) is 0 Å². The third-order valence-corrected chi connectivity index (χ3v) is 2.01. The van der Waals surface area contributed by atoms with Crippen LogP contribution in [0.1, 0.15) is 39.5 Å². The molecule has 1 rings (SSSR count). The second-order valence-electron chi connectivity index (χ2n) is 3.58. The van der Waals surface area contributed by atoms with Crippen LogP contribution in [0.15, 0.2) is 0 Å². The SMILES string of the molecule is CCCC(C)NC(=O)NC1CC1. The summed E-state index contributed by atoms with van der Waals surface area (Å²) < 4.78 is 0. The Hall–Kier alpha value is -0.730. The number of hydrogen-bond donors (Lipinski definition) is 2. The number of nitrogens with one attached hydrogen (secondary N) is 2. The number of rotatable bonds is 4. The highest BCUT2D eigenvalue weighted by Crippen LogP contribution is 2.18. The lowest BCUT2D eigenvalue weighted by atomic mass is 10.2. The lowest BCUT2D eigenvalue weighted by Gasteiger charge is -2.12. The van der Waals surface area contributed by atoms with Crippen molar-refractivity contribution < 1.29 is 4.79 Å². The van der Waals surface area contributed by atoms with Crippen molar-refractivity contribution in [3.05, 3.63) is 0 Å². The Morgan fingerprint density at radius 3 is 2.75 bits per heavy atom. The van der Waals surface area contributed by atoms with Crippen molar-refractivity contribution in [3.63, 3.8) is 0 Å². The van der Waals surface area contributed by atoms with Gasteiger partial charge in [0, 0.05) is 12.1 Å². The van der Waals surface area contributed by atoms with Gasteiger partial charge in [-0.25, -0.2) is 4.79 Å². The molecule has 2 N–H and O–H groups in total. The van der Waals surface area contributed by atoms with Gasteiger partial charge in [-0.15, -0.1) is 0 Å². The van der Waals surface area contributed by atoms with E-state index >= 15 is 0 Å². The zero-order valence-corrected chi connectivity index (χ0v) is 7.89. The molecule has 0 radical (unpaired) electrons. The Morgan fingerprint density at radius 1 is 1.58 bits per heavy atom.